The highest BCUT2D eigenvalue weighted by atomic mass is 32.1. The standard InChI is InChI=1S/C19H17F3N4O2S/c20-19(21,22)15-4-3-13(9-23-15)18(27)26-6-1-2-12(10-26)8-16-24-17(25-28-16)14-5-7-29-11-14/h3-5,7,9,11-12H,1-2,6,8,10H2. The molecule has 0 spiro atoms. The lowest BCUT2D eigenvalue weighted by molar-refractivity contribution is -0.141. The summed E-state index contributed by atoms with van der Waals surface area (Å²) in [6, 6.07) is 3.92. The fourth-order valence-electron chi connectivity index (χ4n) is 3.38. The van der Waals surface area contributed by atoms with Crippen LogP contribution < -0.4 is 0 Å². The third-order valence-electron chi connectivity index (χ3n) is 4.82. The number of aromatic nitrogens is 3. The summed E-state index contributed by atoms with van der Waals surface area (Å²) in [4.78, 5) is 22.1. The van der Waals surface area contributed by atoms with E-state index in [1.165, 1.54) is 6.07 Å². The first-order valence-corrected chi connectivity index (χ1v) is 10.0. The van der Waals surface area contributed by atoms with Gasteiger partial charge in [-0.3, -0.25) is 9.78 Å². The van der Waals surface area contributed by atoms with Crippen molar-refractivity contribution >= 4 is 17.2 Å². The Kier molecular flexibility index (Phi) is 5.35. The van der Waals surface area contributed by atoms with Crippen LogP contribution in [0.1, 0.15) is 34.8 Å². The average molecular weight is 422 g/mol. The lowest BCUT2D eigenvalue weighted by Crippen LogP contribution is -2.40. The molecule has 0 bridgehead atoms. The van der Waals surface area contributed by atoms with E-state index in [0.29, 0.717) is 31.2 Å². The minimum absolute atomic E-state index is 0.144. The van der Waals surface area contributed by atoms with E-state index in [1.807, 2.05) is 16.8 Å². The molecule has 4 heterocycles. The highest BCUT2D eigenvalue weighted by Gasteiger charge is 2.33. The number of likely N-dealkylation sites (tertiary alicyclic amines) is 1. The van der Waals surface area contributed by atoms with E-state index in [0.717, 1.165) is 30.7 Å². The van der Waals surface area contributed by atoms with Crippen LogP contribution >= 0.6 is 11.3 Å². The summed E-state index contributed by atoms with van der Waals surface area (Å²) in [5.74, 6) is 0.883. The van der Waals surface area contributed by atoms with Gasteiger partial charge in [-0.15, -0.1) is 0 Å². The first-order chi connectivity index (χ1) is 13.9. The first kappa shape index (κ1) is 19.6. The SMILES string of the molecule is O=C(c1ccc(C(F)(F)F)nc1)N1CCCC(Cc2nc(-c3ccsc3)no2)C1. The quantitative estimate of drug-likeness (QED) is 0.627. The molecule has 29 heavy (non-hydrogen) atoms. The molecule has 0 aliphatic carbocycles. The third-order valence-corrected chi connectivity index (χ3v) is 5.50. The zero-order chi connectivity index (χ0) is 20.4. The van der Waals surface area contributed by atoms with Gasteiger partial charge in [-0.2, -0.15) is 29.5 Å². The van der Waals surface area contributed by atoms with Crippen molar-refractivity contribution in [1.82, 2.24) is 20.0 Å². The minimum atomic E-state index is -4.52. The Morgan fingerprint density at radius 3 is 2.86 bits per heavy atom. The zero-order valence-corrected chi connectivity index (χ0v) is 16.0. The smallest absolute Gasteiger partial charge is 0.339 e. The number of piperidine rings is 1. The highest BCUT2D eigenvalue weighted by Crippen LogP contribution is 2.28. The number of hydrogen-bond donors (Lipinski definition) is 0. The molecule has 0 saturated carbocycles. The predicted octanol–water partition coefficient (Wildman–Crippen LogP) is 4.31. The maximum absolute atomic E-state index is 12.7. The van der Waals surface area contributed by atoms with Gasteiger partial charge < -0.3 is 9.42 Å². The molecule has 0 radical (unpaired) electrons. The van der Waals surface area contributed by atoms with Gasteiger partial charge in [0.25, 0.3) is 5.91 Å². The third kappa shape index (κ3) is 4.47. The van der Waals surface area contributed by atoms with E-state index in [9.17, 15) is 18.0 Å². The number of alkyl halides is 3. The largest absolute Gasteiger partial charge is 0.433 e. The van der Waals surface area contributed by atoms with E-state index in [4.69, 9.17) is 4.52 Å². The number of carbonyl (C=O) groups is 1. The maximum atomic E-state index is 12.7. The molecule has 1 saturated heterocycles. The van der Waals surface area contributed by atoms with Crippen LogP contribution in [0, 0.1) is 5.92 Å². The average Bonchev–Trinajstić information content (AvgIpc) is 3.39. The van der Waals surface area contributed by atoms with Crippen molar-refractivity contribution in [2.75, 3.05) is 13.1 Å². The van der Waals surface area contributed by atoms with Crippen LogP contribution in [0.25, 0.3) is 11.4 Å². The fraction of sp³-hybridized carbons (Fsp3) is 0.368. The maximum Gasteiger partial charge on any atom is 0.433 e. The second-order valence-electron chi connectivity index (χ2n) is 6.92. The molecule has 152 valence electrons. The molecule has 10 heteroatoms. The lowest BCUT2D eigenvalue weighted by Gasteiger charge is -2.32. The van der Waals surface area contributed by atoms with Gasteiger partial charge in [0, 0.05) is 36.7 Å². The summed E-state index contributed by atoms with van der Waals surface area (Å²) in [5.41, 5.74) is 0.0415. The number of amides is 1. The van der Waals surface area contributed by atoms with Gasteiger partial charge in [0.2, 0.25) is 11.7 Å². The van der Waals surface area contributed by atoms with E-state index >= 15 is 0 Å². The molecule has 3 aromatic heterocycles. The van der Waals surface area contributed by atoms with Crippen molar-refractivity contribution in [1.29, 1.82) is 0 Å². The van der Waals surface area contributed by atoms with Crippen molar-refractivity contribution in [2.45, 2.75) is 25.4 Å². The Labute approximate surface area is 168 Å². The predicted molar refractivity (Wildman–Crippen MR) is 99.2 cm³/mol. The van der Waals surface area contributed by atoms with Crippen LogP contribution in [0.2, 0.25) is 0 Å². The molecule has 1 aliphatic rings. The molecule has 1 fully saturated rings. The monoisotopic (exact) mass is 422 g/mol. The van der Waals surface area contributed by atoms with Crippen LogP contribution in [-0.2, 0) is 12.6 Å². The van der Waals surface area contributed by atoms with Crippen LogP contribution in [0.3, 0.4) is 0 Å². The molecular weight excluding hydrogens is 405 g/mol. The number of halogens is 3. The van der Waals surface area contributed by atoms with Gasteiger partial charge >= 0.3 is 6.18 Å². The fourth-order valence-corrected chi connectivity index (χ4v) is 4.01. The van der Waals surface area contributed by atoms with Gasteiger partial charge in [0.15, 0.2) is 0 Å². The second kappa shape index (κ2) is 7.94. The Hall–Kier alpha value is -2.75. The van der Waals surface area contributed by atoms with E-state index < -0.39 is 11.9 Å². The summed E-state index contributed by atoms with van der Waals surface area (Å²) < 4.78 is 43.3. The number of rotatable bonds is 4. The molecule has 1 amide bonds. The van der Waals surface area contributed by atoms with Crippen molar-refractivity contribution in [3.05, 3.63) is 52.3 Å². The molecule has 4 rings (SSSR count). The number of pyridine rings is 1. The molecule has 1 unspecified atom stereocenters. The van der Waals surface area contributed by atoms with Gasteiger partial charge in [0.1, 0.15) is 5.69 Å². The molecule has 3 aromatic rings. The molecule has 1 atom stereocenters. The Bertz CT molecular complexity index is 970. The van der Waals surface area contributed by atoms with Gasteiger partial charge in [-0.1, -0.05) is 5.16 Å². The van der Waals surface area contributed by atoms with Crippen LogP contribution in [0.4, 0.5) is 13.2 Å². The molecule has 0 N–H and O–H groups in total. The summed E-state index contributed by atoms with van der Waals surface area (Å²) >= 11 is 1.55. The summed E-state index contributed by atoms with van der Waals surface area (Å²) in [6.07, 6.45) is -1.28. The van der Waals surface area contributed by atoms with Crippen molar-refractivity contribution in [3.8, 4) is 11.4 Å². The first-order valence-electron chi connectivity index (χ1n) is 9.08. The van der Waals surface area contributed by atoms with Gasteiger partial charge in [-0.25, -0.2) is 0 Å². The lowest BCUT2D eigenvalue weighted by atomic mass is 9.94. The highest BCUT2D eigenvalue weighted by molar-refractivity contribution is 7.08. The van der Waals surface area contributed by atoms with Crippen LogP contribution in [0.15, 0.2) is 39.7 Å². The van der Waals surface area contributed by atoms with Crippen molar-refractivity contribution in [3.63, 3.8) is 0 Å². The molecular formula is C19H17F3N4O2S. The summed E-state index contributed by atoms with van der Waals surface area (Å²) in [6.45, 7) is 1.04. The number of nitrogens with zero attached hydrogens (tertiary/aromatic N) is 4. The van der Waals surface area contributed by atoms with Crippen molar-refractivity contribution < 1.29 is 22.5 Å². The van der Waals surface area contributed by atoms with E-state index in [1.54, 1.807) is 16.2 Å². The molecule has 6 nitrogen and oxygen atoms in total. The van der Waals surface area contributed by atoms with E-state index in [-0.39, 0.29) is 17.4 Å². The summed E-state index contributed by atoms with van der Waals surface area (Å²) in [5, 5.41) is 7.87. The minimum Gasteiger partial charge on any atom is -0.339 e. The number of hydrogen-bond acceptors (Lipinski definition) is 6. The zero-order valence-electron chi connectivity index (χ0n) is 15.2. The normalized spacial score (nSPS) is 17.5. The van der Waals surface area contributed by atoms with Gasteiger partial charge in [0.05, 0.1) is 5.56 Å². The Morgan fingerprint density at radius 1 is 1.31 bits per heavy atom. The second-order valence-corrected chi connectivity index (χ2v) is 7.70. The number of carbonyl (C=O) groups excluding carboxylic acids is 1. The summed E-state index contributed by atoms with van der Waals surface area (Å²) in [7, 11) is 0. The van der Waals surface area contributed by atoms with Crippen LogP contribution in [-0.4, -0.2) is 39.0 Å². The van der Waals surface area contributed by atoms with Crippen molar-refractivity contribution in [2.24, 2.45) is 5.92 Å². The number of thiophene rings is 1. The van der Waals surface area contributed by atoms with Crippen LogP contribution in [0.5, 0.6) is 0 Å². The van der Waals surface area contributed by atoms with E-state index in [2.05, 4.69) is 15.1 Å². The molecule has 1 aliphatic heterocycles. The Balaban J connectivity index is 1.40. The Morgan fingerprint density at radius 2 is 2.17 bits per heavy atom. The topological polar surface area (TPSA) is 72.1 Å². The molecule has 0 aromatic carbocycles. The van der Waals surface area contributed by atoms with Gasteiger partial charge in [-0.05, 0) is 42.3 Å².